The van der Waals surface area contributed by atoms with Crippen LogP contribution in [0.25, 0.3) is 0 Å². The van der Waals surface area contributed by atoms with Gasteiger partial charge in [-0.3, -0.25) is 0 Å². The molecule has 0 atom stereocenters. The maximum absolute atomic E-state index is 5.02. The summed E-state index contributed by atoms with van der Waals surface area (Å²) in [4.78, 5) is 0. The van der Waals surface area contributed by atoms with Gasteiger partial charge in [0.15, 0.2) is 0 Å². The van der Waals surface area contributed by atoms with E-state index in [2.05, 4.69) is 34.6 Å². The zero-order valence-electron chi connectivity index (χ0n) is 9.42. The molecule has 1 rings (SSSR count). The Morgan fingerprint density at radius 2 is 0.800 bits per heavy atom. The second-order valence-corrected chi connectivity index (χ2v) is 21.8. The van der Waals surface area contributed by atoms with Gasteiger partial charge in [0.1, 0.15) is 0 Å². The fourth-order valence-electron chi connectivity index (χ4n) is 1.41. The molecule has 5 heteroatoms. The summed E-state index contributed by atoms with van der Waals surface area (Å²) in [5.74, 6) is 1.47. The topological polar surface area (TPSA) is 0 Å². The Labute approximate surface area is 112 Å². The molecule has 0 saturated heterocycles. The average molecular weight is 373 g/mol. The Morgan fingerprint density at radius 1 is 0.600 bits per heavy atom. The van der Waals surface area contributed by atoms with Crippen LogP contribution in [0.2, 0.25) is 0 Å². The first kappa shape index (κ1) is 16.3. The first-order chi connectivity index (χ1) is 6.55. The second kappa shape index (κ2) is 6.31. The van der Waals surface area contributed by atoms with Crippen molar-refractivity contribution in [3.63, 3.8) is 0 Å². The third kappa shape index (κ3) is 5.99. The molecule has 0 aromatic heterocycles. The summed E-state index contributed by atoms with van der Waals surface area (Å²) >= 11 is -3.13. The normalized spacial score (nSPS) is 19.3. The molecule has 15 heavy (non-hydrogen) atoms. The number of allylic oxidation sites excluding steroid dienone is 4. The monoisotopic (exact) mass is 373 g/mol. The third-order valence-corrected chi connectivity index (χ3v) is 2.81. The van der Waals surface area contributed by atoms with E-state index < -0.39 is 11.9 Å². The van der Waals surface area contributed by atoms with Gasteiger partial charge in [0, 0.05) is 5.92 Å². The van der Waals surface area contributed by atoms with Crippen molar-refractivity contribution in [1.29, 1.82) is 0 Å². The van der Waals surface area contributed by atoms with Gasteiger partial charge in [-0.15, -0.1) is 0 Å². The van der Waals surface area contributed by atoms with E-state index in [0.29, 0.717) is 0 Å². The first-order valence-electron chi connectivity index (χ1n) is 4.37. The van der Waals surface area contributed by atoms with Gasteiger partial charge in [-0.2, -0.15) is 0 Å². The second-order valence-electron chi connectivity index (χ2n) is 3.47. The Bertz CT molecular complexity index is 269. The van der Waals surface area contributed by atoms with Crippen molar-refractivity contribution >= 4 is 37.7 Å². The van der Waals surface area contributed by atoms with E-state index in [0.717, 1.165) is 0 Å². The standard InChI is InChI=1S/C10H15.4ClH.Mo/c1-6-7(2)9(4)10(5)8(6)3;;;;;/h1-5H3;4*1H;/q;;;;;+4/p-4. The van der Waals surface area contributed by atoms with E-state index in [1.54, 1.807) is 0 Å². The molecule has 0 unspecified atom stereocenters. The first-order valence-corrected chi connectivity index (χ1v) is 14.7. The molecule has 89 valence electrons. The molecule has 0 N–H and O–H groups in total. The minimum atomic E-state index is -3.13. The van der Waals surface area contributed by atoms with Crippen LogP contribution in [0.3, 0.4) is 0 Å². The number of halogens is 4. The number of rotatable bonds is 0. The van der Waals surface area contributed by atoms with Gasteiger partial charge in [-0.25, -0.2) is 0 Å². The molecule has 0 amide bonds. The van der Waals surface area contributed by atoms with Gasteiger partial charge in [0.25, 0.3) is 0 Å². The molecule has 1 radical (unpaired) electrons. The Morgan fingerprint density at radius 3 is 0.867 bits per heavy atom. The van der Waals surface area contributed by atoms with Crippen molar-refractivity contribution in [2.24, 2.45) is 0 Å². The van der Waals surface area contributed by atoms with Crippen LogP contribution in [-0.4, -0.2) is 0 Å². The number of hydrogen-bond donors (Lipinski definition) is 0. The molecule has 1 aliphatic carbocycles. The van der Waals surface area contributed by atoms with Crippen LogP contribution in [0.4, 0.5) is 0 Å². The van der Waals surface area contributed by atoms with Gasteiger partial charge in [-0.1, -0.05) is 18.1 Å². The average Bonchev–Trinajstić information content (AvgIpc) is 2.21. The zero-order chi connectivity index (χ0) is 12.4. The van der Waals surface area contributed by atoms with Crippen LogP contribution >= 0.6 is 37.7 Å². The molecular weight excluding hydrogens is 358 g/mol. The Balaban J connectivity index is 0.000000336. The summed E-state index contributed by atoms with van der Waals surface area (Å²) in [5, 5.41) is 0. The van der Waals surface area contributed by atoms with Crippen molar-refractivity contribution in [3.05, 3.63) is 28.2 Å². The van der Waals surface area contributed by atoms with Crippen molar-refractivity contribution < 1.29 is 11.9 Å². The van der Waals surface area contributed by atoms with Crippen LogP contribution in [-0.2, 0) is 11.9 Å². The predicted octanol–water partition coefficient (Wildman–Crippen LogP) is 6.02. The van der Waals surface area contributed by atoms with E-state index >= 15 is 0 Å². The summed E-state index contributed by atoms with van der Waals surface area (Å²) in [6.07, 6.45) is 0. The maximum atomic E-state index is 5.02. The van der Waals surface area contributed by atoms with E-state index in [1.165, 1.54) is 28.2 Å². The van der Waals surface area contributed by atoms with Crippen LogP contribution in [0.15, 0.2) is 22.3 Å². The molecule has 0 aromatic rings. The molecule has 0 nitrogen and oxygen atoms in total. The quantitative estimate of drug-likeness (QED) is 0.456. The van der Waals surface area contributed by atoms with Crippen molar-refractivity contribution in [1.82, 2.24) is 0 Å². The SMILES string of the molecule is C[C]1C(C)=C(C)C(C)=C1C.[Cl][Mo]([Cl])([Cl])[Cl]. The molecule has 0 heterocycles. The van der Waals surface area contributed by atoms with Crippen molar-refractivity contribution in [2.75, 3.05) is 0 Å². The number of hydrogen-bond acceptors (Lipinski definition) is 0. The van der Waals surface area contributed by atoms with Gasteiger partial charge in [-0.05, 0) is 38.8 Å². The van der Waals surface area contributed by atoms with Crippen LogP contribution in [0, 0.1) is 5.92 Å². The van der Waals surface area contributed by atoms with Crippen LogP contribution in [0.5, 0.6) is 0 Å². The van der Waals surface area contributed by atoms with Gasteiger partial charge < -0.3 is 0 Å². The summed E-state index contributed by atoms with van der Waals surface area (Å²) in [6, 6.07) is 0. The summed E-state index contributed by atoms with van der Waals surface area (Å²) in [5.41, 5.74) is 5.87. The van der Waals surface area contributed by atoms with Crippen LogP contribution < -0.4 is 0 Å². The van der Waals surface area contributed by atoms with E-state index in [-0.39, 0.29) is 0 Å². The zero-order valence-corrected chi connectivity index (χ0v) is 14.5. The molecule has 0 fully saturated rings. The van der Waals surface area contributed by atoms with E-state index in [9.17, 15) is 0 Å². The van der Waals surface area contributed by atoms with Crippen LogP contribution in [0.1, 0.15) is 34.6 Å². The van der Waals surface area contributed by atoms with E-state index in [4.69, 9.17) is 37.7 Å². The molecule has 0 aliphatic heterocycles. The Kier molecular flexibility index (Phi) is 6.87. The van der Waals surface area contributed by atoms with Gasteiger partial charge in [0.05, 0.1) is 0 Å². The third-order valence-electron chi connectivity index (χ3n) is 2.81. The van der Waals surface area contributed by atoms with Gasteiger partial charge in [0.2, 0.25) is 0 Å². The molecule has 0 saturated carbocycles. The van der Waals surface area contributed by atoms with Crippen molar-refractivity contribution in [3.8, 4) is 0 Å². The predicted molar refractivity (Wildman–Crippen MR) is 69.1 cm³/mol. The summed E-state index contributed by atoms with van der Waals surface area (Å²) < 4.78 is 0. The molecule has 0 bridgehead atoms. The van der Waals surface area contributed by atoms with E-state index in [1.807, 2.05) is 0 Å². The van der Waals surface area contributed by atoms with Crippen molar-refractivity contribution in [2.45, 2.75) is 34.6 Å². The molecular formula is C10H15Cl4Mo. The summed E-state index contributed by atoms with van der Waals surface area (Å²) in [6.45, 7) is 11.0. The fourth-order valence-corrected chi connectivity index (χ4v) is 1.41. The summed E-state index contributed by atoms with van der Waals surface area (Å²) in [7, 11) is 20.1. The molecule has 0 aromatic carbocycles. The molecule has 1 aliphatic rings. The fraction of sp³-hybridized carbons (Fsp3) is 0.500. The Hall–Kier alpha value is 1.33. The molecule has 0 spiro atoms. The van der Waals surface area contributed by atoms with Gasteiger partial charge >= 0.3 is 49.6 Å². The minimum absolute atomic E-state index is 1.47.